The molecule has 20 heavy (non-hydrogen) atoms. The Morgan fingerprint density at radius 3 is 2.45 bits per heavy atom. The first-order valence-electron chi connectivity index (χ1n) is 5.63. The second kappa shape index (κ2) is 6.16. The molecule has 0 heterocycles. The smallest absolute Gasteiger partial charge is 0.367 e. The van der Waals surface area contributed by atoms with Crippen molar-refractivity contribution in [2.24, 2.45) is 10.9 Å². The second-order valence-electron chi connectivity index (χ2n) is 3.84. The quantitative estimate of drug-likeness (QED) is 0.409. The molecule has 0 spiro atoms. The molecule has 0 saturated heterocycles. The van der Waals surface area contributed by atoms with Crippen LogP contribution >= 0.6 is 11.6 Å². The molecule has 102 valence electrons. The van der Waals surface area contributed by atoms with E-state index in [0.717, 1.165) is 0 Å². The highest BCUT2D eigenvalue weighted by atomic mass is 35.5. The van der Waals surface area contributed by atoms with Gasteiger partial charge in [-0.25, -0.2) is 9.18 Å². The van der Waals surface area contributed by atoms with Gasteiger partial charge in [0.25, 0.3) is 0 Å². The van der Waals surface area contributed by atoms with Gasteiger partial charge in [-0.3, -0.25) is 0 Å². The highest BCUT2D eigenvalue weighted by Crippen LogP contribution is 2.16. The van der Waals surface area contributed by atoms with Crippen LogP contribution in [0.25, 0.3) is 0 Å². The van der Waals surface area contributed by atoms with Crippen LogP contribution < -0.4 is 5.73 Å². The number of amidine groups is 1. The maximum absolute atomic E-state index is 12.7. The molecule has 0 aliphatic carbocycles. The van der Waals surface area contributed by atoms with E-state index < -0.39 is 11.8 Å². The molecule has 0 aliphatic heterocycles. The van der Waals surface area contributed by atoms with Gasteiger partial charge >= 0.3 is 5.97 Å². The third-order valence-corrected chi connectivity index (χ3v) is 2.79. The summed E-state index contributed by atoms with van der Waals surface area (Å²) < 4.78 is 12.7. The molecule has 2 N–H and O–H groups in total. The molecule has 6 heteroatoms. The number of halogens is 2. The topological polar surface area (TPSA) is 64.7 Å². The van der Waals surface area contributed by atoms with Gasteiger partial charge in [0.15, 0.2) is 5.84 Å². The molecular weight excluding hydrogens is 283 g/mol. The van der Waals surface area contributed by atoms with E-state index >= 15 is 0 Å². The fourth-order valence-corrected chi connectivity index (χ4v) is 1.65. The number of rotatable bonds is 3. The molecule has 0 unspecified atom stereocenters. The van der Waals surface area contributed by atoms with Crippen molar-refractivity contribution >= 4 is 23.4 Å². The van der Waals surface area contributed by atoms with E-state index in [4.69, 9.17) is 22.2 Å². The van der Waals surface area contributed by atoms with Gasteiger partial charge in [0.2, 0.25) is 0 Å². The van der Waals surface area contributed by atoms with Gasteiger partial charge in [0, 0.05) is 5.56 Å². The van der Waals surface area contributed by atoms with Crippen LogP contribution in [-0.2, 0) is 4.84 Å². The lowest BCUT2D eigenvalue weighted by Crippen LogP contribution is -2.15. The van der Waals surface area contributed by atoms with Crippen LogP contribution in [0.3, 0.4) is 0 Å². The van der Waals surface area contributed by atoms with Gasteiger partial charge in [0.1, 0.15) is 5.82 Å². The Balaban J connectivity index is 2.11. The summed E-state index contributed by atoms with van der Waals surface area (Å²) in [4.78, 5) is 16.4. The number of nitrogens with zero attached hydrogens (tertiary/aromatic N) is 1. The Morgan fingerprint density at radius 1 is 1.15 bits per heavy atom. The fraction of sp³-hybridized carbons (Fsp3) is 0. The predicted octanol–water partition coefficient (Wildman–Crippen LogP) is 2.96. The molecule has 2 rings (SSSR count). The summed E-state index contributed by atoms with van der Waals surface area (Å²) in [5.41, 5.74) is 6.25. The lowest BCUT2D eigenvalue weighted by Gasteiger charge is -2.02. The maximum Gasteiger partial charge on any atom is 0.367 e. The van der Waals surface area contributed by atoms with Crippen LogP contribution in [0.1, 0.15) is 15.9 Å². The zero-order chi connectivity index (χ0) is 14.5. The number of hydrogen-bond donors (Lipinski definition) is 1. The molecule has 0 aliphatic rings. The van der Waals surface area contributed by atoms with Gasteiger partial charge in [0.05, 0.1) is 10.6 Å². The van der Waals surface area contributed by atoms with Crippen LogP contribution in [0.4, 0.5) is 4.39 Å². The minimum atomic E-state index is -0.722. The Kier molecular flexibility index (Phi) is 4.32. The van der Waals surface area contributed by atoms with E-state index in [9.17, 15) is 9.18 Å². The molecule has 0 atom stereocenters. The minimum Gasteiger partial charge on any atom is -0.380 e. The van der Waals surface area contributed by atoms with Crippen molar-refractivity contribution in [3.8, 4) is 0 Å². The average Bonchev–Trinajstić information content (AvgIpc) is 2.45. The molecule has 0 saturated carbocycles. The second-order valence-corrected chi connectivity index (χ2v) is 4.25. The van der Waals surface area contributed by atoms with E-state index in [1.54, 1.807) is 18.2 Å². The van der Waals surface area contributed by atoms with Crippen molar-refractivity contribution in [2.75, 3.05) is 0 Å². The molecule has 0 aromatic heterocycles. The number of carbonyl (C=O) groups is 1. The van der Waals surface area contributed by atoms with E-state index in [1.807, 2.05) is 0 Å². The first kappa shape index (κ1) is 14.0. The molecule has 0 bridgehead atoms. The summed E-state index contributed by atoms with van der Waals surface area (Å²) in [7, 11) is 0. The molecule has 0 amide bonds. The van der Waals surface area contributed by atoms with Gasteiger partial charge in [-0.05, 0) is 36.4 Å². The monoisotopic (exact) mass is 292 g/mol. The molecule has 2 aromatic rings. The summed E-state index contributed by atoms with van der Waals surface area (Å²) >= 11 is 5.85. The summed E-state index contributed by atoms with van der Waals surface area (Å²) in [6.07, 6.45) is 0. The fourth-order valence-electron chi connectivity index (χ4n) is 1.44. The lowest BCUT2D eigenvalue weighted by atomic mass is 10.2. The Hall–Kier alpha value is -2.40. The number of nitrogens with two attached hydrogens (primary N) is 1. The number of benzene rings is 2. The minimum absolute atomic E-state index is 0.0367. The number of carbonyl (C=O) groups excluding carboxylic acids is 1. The lowest BCUT2D eigenvalue weighted by molar-refractivity contribution is 0.0516. The van der Waals surface area contributed by atoms with Crippen LogP contribution in [0.2, 0.25) is 5.02 Å². The van der Waals surface area contributed by atoms with Gasteiger partial charge < -0.3 is 10.6 Å². The standard InChI is InChI=1S/C14H10ClFN2O2/c15-12-4-2-1-3-11(12)14(19)20-18-13(17)9-5-7-10(16)8-6-9/h1-8H,(H2,17,18). The number of oxime groups is 1. The van der Waals surface area contributed by atoms with E-state index in [1.165, 1.54) is 30.3 Å². The van der Waals surface area contributed by atoms with Crippen molar-refractivity contribution < 1.29 is 14.0 Å². The van der Waals surface area contributed by atoms with Gasteiger partial charge in [-0.1, -0.05) is 28.9 Å². The van der Waals surface area contributed by atoms with Crippen molar-refractivity contribution in [2.45, 2.75) is 0 Å². The largest absolute Gasteiger partial charge is 0.380 e. The first-order chi connectivity index (χ1) is 9.58. The summed E-state index contributed by atoms with van der Waals surface area (Å²) in [5, 5.41) is 3.76. The maximum atomic E-state index is 12.7. The highest BCUT2D eigenvalue weighted by molar-refractivity contribution is 6.33. The Bertz CT molecular complexity index is 656. The molecule has 4 nitrogen and oxygen atoms in total. The molecular formula is C14H10ClFN2O2. The van der Waals surface area contributed by atoms with Crippen molar-refractivity contribution in [1.82, 2.24) is 0 Å². The van der Waals surface area contributed by atoms with E-state index in [2.05, 4.69) is 5.16 Å². The normalized spacial score (nSPS) is 11.2. The van der Waals surface area contributed by atoms with Crippen LogP contribution in [0, 0.1) is 5.82 Å². The van der Waals surface area contributed by atoms with Crippen molar-refractivity contribution in [3.05, 3.63) is 70.5 Å². The predicted molar refractivity (Wildman–Crippen MR) is 74.0 cm³/mol. The highest BCUT2D eigenvalue weighted by Gasteiger charge is 2.11. The van der Waals surface area contributed by atoms with Gasteiger partial charge in [-0.2, -0.15) is 0 Å². The zero-order valence-electron chi connectivity index (χ0n) is 10.2. The summed E-state index contributed by atoms with van der Waals surface area (Å²) in [6, 6.07) is 11.7. The van der Waals surface area contributed by atoms with E-state index in [-0.39, 0.29) is 16.4 Å². The molecule has 2 aromatic carbocycles. The van der Waals surface area contributed by atoms with Crippen LogP contribution in [0.15, 0.2) is 53.7 Å². The Morgan fingerprint density at radius 2 is 1.80 bits per heavy atom. The molecule has 0 fully saturated rings. The number of hydrogen-bond acceptors (Lipinski definition) is 3. The summed E-state index contributed by atoms with van der Waals surface area (Å²) in [6.45, 7) is 0. The third kappa shape index (κ3) is 3.33. The Labute approximate surface area is 119 Å². The summed E-state index contributed by atoms with van der Waals surface area (Å²) in [5.74, 6) is -1.15. The van der Waals surface area contributed by atoms with Crippen molar-refractivity contribution in [1.29, 1.82) is 0 Å². The molecule has 0 radical (unpaired) electrons. The van der Waals surface area contributed by atoms with Gasteiger partial charge in [-0.15, -0.1) is 0 Å². The SMILES string of the molecule is N/C(=N\OC(=O)c1ccccc1Cl)c1ccc(F)cc1. The third-order valence-electron chi connectivity index (χ3n) is 2.46. The average molecular weight is 293 g/mol. The van der Waals surface area contributed by atoms with Crippen LogP contribution in [-0.4, -0.2) is 11.8 Å². The zero-order valence-corrected chi connectivity index (χ0v) is 11.0. The van der Waals surface area contributed by atoms with E-state index in [0.29, 0.717) is 5.56 Å². The van der Waals surface area contributed by atoms with Crippen LogP contribution in [0.5, 0.6) is 0 Å². The van der Waals surface area contributed by atoms with Crippen molar-refractivity contribution in [3.63, 3.8) is 0 Å². The first-order valence-corrected chi connectivity index (χ1v) is 6.01.